The molecule has 0 aliphatic heterocycles. The average Bonchev–Trinajstić information content (AvgIpc) is 3.10. The lowest BCUT2D eigenvalue weighted by Crippen LogP contribution is -2.14. The lowest BCUT2D eigenvalue weighted by atomic mass is 10.1. The zero-order valence-corrected chi connectivity index (χ0v) is 16.1. The molecule has 1 heterocycles. The molecule has 0 spiro atoms. The van der Waals surface area contributed by atoms with Crippen LogP contribution in [0, 0.1) is 13.8 Å². The second-order valence-electron chi connectivity index (χ2n) is 6.63. The van der Waals surface area contributed by atoms with E-state index in [2.05, 4.69) is 5.32 Å². The van der Waals surface area contributed by atoms with Crippen molar-refractivity contribution in [1.29, 1.82) is 0 Å². The Balaban J connectivity index is 1.73. The molecule has 5 heteroatoms. The molecule has 1 aromatic heterocycles. The molecule has 1 amide bonds. The van der Waals surface area contributed by atoms with Gasteiger partial charge in [0.25, 0.3) is 0 Å². The fraction of sp³-hybridized carbons (Fsp3) is 0.182. The monoisotopic (exact) mass is 377 g/mol. The van der Waals surface area contributed by atoms with Gasteiger partial charge in [0.05, 0.1) is 5.56 Å². The summed E-state index contributed by atoms with van der Waals surface area (Å²) in [4.78, 5) is 25.6. The minimum Gasteiger partial charge on any atom is -0.449 e. The normalized spacial score (nSPS) is 12.4. The third-order valence-electron chi connectivity index (χ3n) is 4.88. The van der Waals surface area contributed by atoms with Crippen LogP contribution >= 0.6 is 11.3 Å². The molecule has 0 fully saturated rings. The predicted octanol–water partition coefficient (Wildman–Crippen LogP) is 5.25. The molecule has 0 atom stereocenters. The zero-order chi connectivity index (χ0) is 19.1. The van der Waals surface area contributed by atoms with Crippen LogP contribution in [0.2, 0.25) is 0 Å². The second-order valence-corrected chi connectivity index (χ2v) is 7.85. The molecular weight excluding hydrogens is 358 g/mol. The Morgan fingerprint density at radius 2 is 1.52 bits per heavy atom. The van der Waals surface area contributed by atoms with E-state index in [1.165, 1.54) is 18.3 Å². The highest BCUT2D eigenvalue weighted by atomic mass is 32.1. The number of hydrogen-bond acceptors (Lipinski definition) is 4. The van der Waals surface area contributed by atoms with Crippen LogP contribution < -0.4 is 5.32 Å². The summed E-state index contributed by atoms with van der Waals surface area (Å²) in [5, 5.41) is 3.30. The molecule has 27 heavy (non-hydrogen) atoms. The molecule has 0 saturated carbocycles. The molecule has 0 saturated heterocycles. The van der Waals surface area contributed by atoms with Crippen molar-refractivity contribution in [2.45, 2.75) is 26.9 Å². The van der Waals surface area contributed by atoms with Crippen LogP contribution in [-0.4, -0.2) is 11.9 Å². The van der Waals surface area contributed by atoms with Crippen LogP contribution in [0.25, 0.3) is 11.1 Å². The predicted molar refractivity (Wildman–Crippen MR) is 107 cm³/mol. The lowest BCUT2D eigenvalue weighted by molar-refractivity contribution is -0.114. The van der Waals surface area contributed by atoms with Crippen LogP contribution in [0.5, 0.6) is 0 Å². The first-order chi connectivity index (χ1) is 13.0. The largest absolute Gasteiger partial charge is 0.449 e. The Hall–Kier alpha value is -2.92. The van der Waals surface area contributed by atoms with Gasteiger partial charge in [-0.25, -0.2) is 4.79 Å². The van der Waals surface area contributed by atoms with Crippen molar-refractivity contribution in [1.82, 2.24) is 0 Å². The summed E-state index contributed by atoms with van der Waals surface area (Å²) in [5.74, 6) is -0.626. The average molecular weight is 377 g/mol. The van der Waals surface area contributed by atoms with Gasteiger partial charge in [-0.05, 0) is 30.5 Å². The Morgan fingerprint density at radius 3 is 2.07 bits per heavy atom. The third kappa shape index (κ3) is 2.94. The molecule has 0 radical (unpaired) electrons. The SMILES string of the molecule is CC(=O)Nc1sc(C)c(C)c1C(=O)OC1c2ccccc2-c2ccccc21. The molecule has 1 N–H and O–H groups in total. The molecule has 4 rings (SSSR count). The second kappa shape index (κ2) is 6.67. The van der Waals surface area contributed by atoms with E-state index < -0.39 is 12.1 Å². The van der Waals surface area contributed by atoms with Gasteiger partial charge in [-0.15, -0.1) is 11.3 Å². The first-order valence-corrected chi connectivity index (χ1v) is 9.55. The van der Waals surface area contributed by atoms with Gasteiger partial charge in [-0.1, -0.05) is 48.5 Å². The van der Waals surface area contributed by atoms with Crippen LogP contribution in [0.15, 0.2) is 48.5 Å². The van der Waals surface area contributed by atoms with Crippen LogP contribution in [-0.2, 0) is 9.53 Å². The van der Waals surface area contributed by atoms with E-state index in [1.807, 2.05) is 62.4 Å². The summed E-state index contributed by atoms with van der Waals surface area (Å²) in [6.45, 7) is 5.25. The van der Waals surface area contributed by atoms with E-state index in [9.17, 15) is 9.59 Å². The molecule has 2 aromatic carbocycles. The number of carbonyl (C=O) groups is 2. The maximum Gasteiger partial charge on any atom is 0.342 e. The van der Waals surface area contributed by atoms with Gasteiger partial charge in [-0.2, -0.15) is 0 Å². The molecule has 4 nitrogen and oxygen atoms in total. The maximum absolute atomic E-state index is 13.1. The van der Waals surface area contributed by atoms with Gasteiger partial charge in [-0.3, -0.25) is 4.79 Å². The quantitative estimate of drug-likeness (QED) is 0.634. The molecule has 0 bridgehead atoms. The van der Waals surface area contributed by atoms with E-state index >= 15 is 0 Å². The molecule has 3 aromatic rings. The highest BCUT2D eigenvalue weighted by Gasteiger charge is 2.33. The van der Waals surface area contributed by atoms with E-state index in [1.54, 1.807) is 0 Å². The lowest BCUT2D eigenvalue weighted by Gasteiger charge is -2.16. The summed E-state index contributed by atoms with van der Waals surface area (Å²) >= 11 is 1.39. The number of rotatable bonds is 3. The van der Waals surface area contributed by atoms with Crippen LogP contribution in [0.4, 0.5) is 5.00 Å². The minimum absolute atomic E-state index is 0.207. The topological polar surface area (TPSA) is 55.4 Å². The van der Waals surface area contributed by atoms with Crippen molar-refractivity contribution in [3.8, 4) is 11.1 Å². The minimum atomic E-state index is -0.449. The number of fused-ring (bicyclic) bond motifs is 3. The Labute approximate surface area is 161 Å². The van der Waals surface area contributed by atoms with Gasteiger partial charge < -0.3 is 10.1 Å². The first-order valence-electron chi connectivity index (χ1n) is 8.74. The number of aryl methyl sites for hydroxylation is 1. The fourth-order valence-corrected chi connectivity index (χ4v) is 4.62. The number of amides is 1. The van der Waals surface area contributed by atoms with Crippen molar-refractivity contribution in [3.63, 3.8) is 0 Å². The van der Waals surface area contributed by atoms with Gasteiger partial charge in [0.1, 0.15) is 5.00 Å². The molecule has 136 valence electrons. The van der Waals surface area contributed by atoms with Gasteiger partial charge in [0.15, 0.2) is 6.10 Å². The number of anilines is 1. The molecule has 1 aliphatic carbocycles. The van der Waals surface area contributed by atoms with E-state index in [4.69, 9.17) is 4.74 Å². The maximum atomic E-state index is 13.1. The number of benzene rings is 2. The molecular formula is C22H19NO3S. The zero-order valence-electron chi connectivity index (χ0n) is 15.3. The summed E-state index contributed by atoms with van der Waals surface area (Å²) in [5.41, 5.74) is 5.43. The number of esters is 1. The van der Waals surface area contributed by atoms with Crippen molar-refractivity contribution in [2.24, 2.45) is 0 Å². The van der Waals surface area contributed by atoms with Crippen LogP contribution in [0.3, 0.4) is 0 Å². The number of carbonyl (C=O) groups excluding carboxylic acids is 2. The van der Waals surface area contributed by atoms with Gasteiger partial charge in [0, 0.05) is 22.9 Å². The van der Waals surface area contributed by atoms with Crippen molar-refractivity contribution >= 4 is 28.2 Å². The number of ether oxygens (including phenoxy) is 1. The first kappa shape index (κ1) is 17.5. The Morgan fingerprint density at radius 1 is 0.963 bits per heavy atom. The summed E-state index contributed by atoms with van der Waals surface area (Å²) in [6.07, 6.45) is -0.449. The molecule has 1 aliphatic rings. The van der Waals surface area contributed by atoms with Gasteiger partial charge in [0.2, 0.25) is 5.91 Å². The van der Waals surface area contributed by atoms with Crippen molar-refractivity contribution in [3.05, 3.63) is 75.7 Å². The smallest absolute Gasteiger partial charge is 0.342 e. The molecule has 0 unspecified atom stereocenters. The van der Waals surface area contributed by atoms with E-state index in [-0.39, 0.29) is 5.91 Å². The highest BCUT2D eigenvalue weighted by molar-refractivity contribution is 7.16. The third-order valence-corrected chi connectivity index (χ3v) is 6.00. The van der Waals surface area contributed by atoms with Crippen molar-refractivity contribution in [2.75, 3.05) is 5.32 Å². The number of nitrogens with one attached hydrogen (secondary N) is 1. The summed E-state index contributed by atoms with van der Waals surface area (Å²) in [7, 11) is 0. The summed E-state index contributed by atoms with van der Waals surface area (Å²) in [6, 6.07) is 16.0. The standard InChI is InChI=1S/C22H19NO3S/c1-12-13(2)27-21(23-14(3)24)19(12)22(25)26-20-17-10-6-4-8-15(17)16-9-5-7-11-18(16)20/h4-11,20H,1-3H3,(H,23,24). The van der Waals surface area contributed by atoms with E-state index in [0.717, 1.165) is 32.7 Å². The van der Waals surface area contributed by atoms with Crippen LogP contribution in [0.1, 0.15) is 45.0 Å². The highest BCUT2D eigenvalue weighted by Crippen LogP contribution is 2.46. The summed E-state index contributed by atoms with van der Waals surface area (Å²) < 4.78 is 5.98. The van der Waals surface area contributed by atoms with Crippen molar-refractivity contribution < 1.29 is 14.3 Å². The van der Waals surface area contributed by atoms with Gasteiger partial charge >= 0.3 is 5.97 Å². The van der Waals surface area contributed by atoms with E-state index in [0.29, 0.717) is 10.6 Å². The number of thiophene rings is 1. The Bertz CT molecular complexity index is 1020. The Kier molecular flexibility index (Phi) is 4.32. The number of hydrogen-bond donors (Lipinski definition) is 1. The fourth-order valence-electron chi connectivity index (χ4n) is 3.52.